The monoisotopic (exact) mass is 392 g/mol. The first-order valence-corrected chi connectivity index (χ1v) is 10.3. The molecule has 1 N–H and O–H groups in total. The minimum absolute atomic E-state index is 0.227. The van der Waals surface area contributed by atoms with E-state index in [0.29, 0.717) is 5.75 Å². The number of nitrogens with one attached hydrogen (secondary N) is 1. The van der Waals surface area contributed by atoms with Crippen LogP contribution < -0.4 is 10.2 Å². The average molecular weight is 392 g/mol. The minimum atomic E-state index is -3.79. The number of rotatable bonds is 5. The number of ether oxygens (including phenoxy) is 1. The van der Waals surface area contributed by atoms with E-state index in [2.05, 4.69) is 5.43 Å². The lowest BCUT2D eigenvalue weighted by Crippen LogP contribution is -2.39. The molecule has 0 amide bonds. The molecule has 1 atom stereocenters. The number of hydrogen-bond acceptors (Lipinski definition) is 4. The van der Waals surface area contributed by atoms with Crippen molar-refractivity contribution in [3.63, 3.8) is 0 Å². The first-order valence-electron chi connectivity index (χ1n) is 8.87. The molecule has 3 aromatic carbocycles. The molecular weight excluding hydrogens is 372 g/mol. The molecule has 0 aromatic heterocycles. The van der Waals surface area contributed by atoms with Crippen LogP contribution >= 0.6 is 0 Å². The molecule has 0 fully saturated rings. The van der Waals surface area contributed by atoms with Gasteiger partial charge < -0.3 is 10.2 Å². The van der Waals surface area contributed by atoms with Crippen LogP contribution in [-0.2, 0) is 10.0 Å². The van der Waals surface area contributed by atoms with Crippen LogP contribution in [0.5, 0.6) is 5.75 Å². The molecule has 0 bridgehead atoms. The fourth-order valence-corrected chi connectivity index (χ4v) is 4.69. The van der Waals surface area contributed by atoms with Crippen molar-refractivity contribution in [1.82, 2.24) is 9.84 Å². The molecule has 6 heteroatoms. The van der Waals surface area contributed by atoms with Gasteiger partial charge in [-0.25, -0.2) is 8.42 Å². The van der Waals surface area contributed by atoms with Crippen LogP contribution in [-0.4, -0.2) is 19.9 Å². The smallest absolute Gasteiger partial charge is 0.260 e. The van der Waals surface area contributed by atoms with E-state index in [1.165, 1.54) is 4.41 Å². The quantitative estimate of drug-likeness (QED) is 0.713. The first-order chi connectivity index (χ1) is 13.6. The van der Waals surface area contributed by atoms with E-state index in [1.807, 2.05) is 60.7 Å². The fraction of sp³-hybridized carbons (Fsp3) is 0.0909. The summed E-state index contributed by atoms with van der Waals surface area (Å²) in [6.07, 6.45) is 1.91. The van der Waals surface area contributed by atoms with Crippen molar-refractivity contribution in [1.29, 1.82) is 0 Å². The molecule has 0 spiro atoms. The van der Waals surface area contributed by atoms with Gasteiger partial charge in [0.1, 0.15) is 5.75 Å². The topological polar surface area (TPSA) is 58.6 Å². The molecule has 4 rings (SSSR count). The number of para-hydroxylation sites is 1. The zero-order valence-corrected chi connectivity index (χ0v) is 16.1. The van der Waals surface area contributed by atoms with Crippen molar-refractivity contribution in [3.05, 3.63) is 102 Å². The van der Waals surface area contributed by atoms with E-state index in [4.69, 9.17) is 4.74 Å². The Hall–Kier alpha value is -3.09. The number of benzene rings is 3. The molecule has 0 unspecified atom stereocenters. The van der Waals surface area contributed by atoms with Crippen LogP contribution in [0.2, 0.25) is 0 Å². The second-order valence-electron chi connectivity index (χ2n) is 6.36. The average Bonchev–Trinajstić information content (AvgIpc) is 3.21. The van der Waals surface area contributed by atoms with Crippen LogP contribution in [0.15, 0.2) is 95.9 Å². The maximum atomic E-state index is 13.4. The molecule has 3 aromatic rings. The molecule has 1 aliphatic heterocycles. The zero-order chi connectivity index (χ0) is 19.6. The van der Waals surface area contributed by atoms with Crippen molar-refractivity contribution >= 4 is 15.7 Å². The summed E-state index contributed by atoms with van der Waals surface area (Å²) < 4.78 is 33.5. The fourth-order valence-electron chi connectivity index (χ4n) is 3.27. The van der Waals surface area contributed by atoms with Gasteiger partial charge in [-0.1, -0.05) is 66.7 Å². The van der Waals surface area contributed by atoms with Crippen molar-refractivity contribution in [3.8, 4) is 5.75 Å². The summed E-state index contributed by atoms with van der Waals surface area (Å²) >= 11 is 0. The first kappa shape index (κ1) is 18.3. The van der Waals surface area contributed by atoms with Gasteiger partial charge in [0.05, 0.1) is 23.7 Å². The molecular formula is C22H20N2O3S. The third kappa shape index (κ3) is 3.28. The van der Waals surface area contributed by atoms with Gasteiger partial charge in [-0.05, 0) is 29.8 Å². The maximum absolute atomic E-state index is 13.4. The third-order valence-electron chi connectivity index (χ3n) is 4.65. The van der Waals surface area contributed by atoms with Gasteiger partial charge in [-0.3, -0.25) is 0 Å². The molecule has 5 nitrogen and oxygen atoms in total. The standard InChI is InChI=1S/C22H20N2O3S/c1-27-22-15-9-8-14-19(22)21-16-20(17-10-4-2-5-11-17)23-24(21)28(25,26)18-12-6-3-7-13-18/h2-16,21,23H,1H3/t21-/m1/s1. The van der Waals surface area contributed by atoms with Crippen molar-refractivity contribution in [2.75, 3.05) is 7.11 Å². The van der Waals surface area contributed by atoms with E-state index >= 15 is 0 Å². The Morgan fingerprint density at radius 2 is 1.46 bits per heavy atom. The van der Waals surface area contributed by atoms with Crippen LogP contribution in [0.4, 0.5) is 0 Å². The number of hydrogen-bond donors (Lipinski definition) is 1. The Balaban J connectivity index is 1.83. The van der Waals surface area contributed by atoms with Crippen molar-refractivity contribution in [2.45, 2.75) is 10.9 Å². The lowest BCUT2D eigenvalue weighted by atomic mass is 10.0. The Kier molecular flexibility index (Phi) is 4.90. The molecule has 0 saturated heterocycles. The molecule has 0 aliphatic carbocycles. The summed E-state index contributed by atoms with van der Waals surface area (Å²) in [5.41, 5.74) is 5.51. The molecule has 0 radical (unpaired) electrons. The van der Waals surface area contributed by atoms with Gasteiger partial charge in [0.2, 0.25) is 0 Å². The number of sulfonamides is 1. The predicted octanol–water partition coefficient (Wildman–Crippen LogP) is 3.99. The second kappa shape index (κ2) is 7.50. The maximum Gasteiger partial charge on any atom is 0.260 e. The normalized spacial score (nSPS) is 17.0. The van der Waals surface area contributed by atoms with Gasteiger partial charge in [0.15, 0.2) is 0 Å². The second-order valence-corrected chi connectivity index (χ2v) is 8.17. The Labute approximate surface area is 164 Å². The number of methoxy groups -OCH3 is 1. The summed E-state index contributed by atoms with van der Waals surface area (Å²) in [6.45, 7) is 0. The van der Waals surface area contributed by atoms with Gasteiger partial charge in [-0.15, -0.1) is 4.41 Å². The van der Waals surface area contributed by atoms with E-state index in [-0.39, 0.29) is 4.90 Å². The van der Waals surface area contributed by atoms with Gasteiger partial charge in [0, 0.05) is 5.56 Å². The summed E-state index contributed by atoms with van der Waals surface area (Å²) in [7, 11) is -2.20. The third-order valence-corrected chi connectivity index (χ3v) is 6.35. The highest BCUT2D eigenvalue weighted by Crippen LogP contribution is 2.38. The van der Waals surface area contributed by atoms with E-state index < -0.39 is 16.1 Å². The predicted molar refractivity (Wildman–Crippen MR) is 109 cm³/mol. The zero-order valence-electron chi connectivity index (χ0n) is 15.3. The Bertz CT molecular complexity index is 1100. The van der Waals surface area contributed by atoms with E-state index in [0.717, 1.165) is 16.8 Å². The molecule has 28 heavy (non-hydrogen) atoms. The van der Waals surface area contributed by atoms with Crippen LogP contribution in [0.3, 0.4) is 0 Å². The van der Waals surface area contributed by atoms with Gasteiger partial charge in [-0.2, -0.15) is 0 Å². The highest BCUT2D eigenvalue weighted by atomic mass is 32.2. The summed E-state index contributed by atoms with van der Waals surface area (Å²) in [5.74, 6) is 0.633. The van der Waals surface area contributed by atoms with Crippen molar-refractivity contribution < 1.29 is 13.2 Å². The lowest BCUT2D eigenvalue weighted by molar-refractivity contribution is 0.335. The van der Waals surface area contributed by atoms with Gasteiger partial charge >= 0.3 is 0 Å². The summed E-state index contributed by atoms with van der Waals surface area (Å²) in [6, 6.07) is 25.0. The SMILES string of the molecule is COc1ccccc1[C@H]1C=C(c2ccccc2)NN1S(=O)(=O)c1ccccc1. The largest absolute Gasteiger partial charge is 0.496 e. The Morgan fingerprint density at radius 3 is 2.14 bits per heavy atom. The molecule has 1 heterocycles. The summed E-state index contributed by atoms with van der Waals surface area (Å²) in [4.78, 5) is 0.227. The minimum Gasteiger partial charge on any atom is -0.496 e. The number of nitrogens with zero attached hydrogens (tertiary/aromatic N) is 1. The number of hydrazine groups is 1. The van der Waals surface area contributed by atoms with Crippen LogP contribution in [0.25, 0.3) is 5.70 Å². The summed E-state index contributed by atoms with van der Waals surface area (Å²) in [5, 5.41) is 0. The molecule has 142 valence electrons. The van der Waals surface area contributed by atoms with Crippen LogP contribution in [0.1, 0.15) is 17.2 Å². The highest BCUT2D eigenvalue weighted by molar-refractivity contribution is 7.89. The highest BCUT2D eigenvalue weighted by Gasteiger charge is 2.38. The van der Waals surface area contributed by atoms with Crippen LogP contribution in [0, 0.1) is 0 Å². The van der Waals surface area contributed by atoms with Crippen molar-refractivity contribution in [2.24, 2.45) is 0 Å². The van der Waals surface area contributed by atoms with E-state index in [9.17, 15) is 8.42 Å². The molecule has 0 saturated carbocycles. The lowest BCUT2D eigenvalue weighted by Gasteiger charge is -2.25. The van der Waals surface area contributed by atoms with E-state index in [1.54, 1.807) is 37.4 Å². The van der Waals surface area contributed by atoms with Gasteiger partial charge in [0.25, 0.3) is 10.0 Å². The molecule has 1 aliphatic rings. The Morgan fingerprint density at radius 1 is 0.857 bits per heavy atom.